The molecule has 14 heteroatoms. The highest BCUT2D eigenvalue weighted by atomic mass is 16.5. The van der Waals surface area contributed by atoms with Crippen LogP contribution in [0, 0.1) is 11.8 Å². The van der Waals surface area contributed by atoms with Crippen LogP contribution in [0.2, 0.25) is 0 Å². The number of imidazole rings is 2. The van der Waals surface area contributed by atoms with Crippen molar-refractivity contribution in [3.63, 3.8) is 0 Å². The van der Waals surface area contributed by atoms with Crippen molar-refractivity contribution < 1.29 is 28.7 Å². The van der Waals surface area contributed by atoms with Crippen LogP contribution in [-0.4, -0.2) is 93.6 Å². The van der Waals surface area contributed by atoms with Crippen LogP contribution in [-0.2, 0) is 19.1 Å². The van der Waals surface area contributed by atoms with Crippen molar-refractivity contribution in [2.24, 2.45) is 11.8 Å². The highest BCUT2D eigenvalue weighted by Gasteiger charge is 2.40. The molecule has 14 nitrogen and oxygen atoms in total. The monoisotopic (exact) mass is 828 g/mol. The second-order valence-corrected chi connectivity index (χ2v) is 16.8. The standard InChI is InChI=1S/C47H56N8O6/c1-29(26-50-46(58)60-2)23-41(56)54-21-7-11-39(54)43-49-28-38(52-43)36-20-19-34-24-33(17-18-35(34)25-36)30-13-15-31(16-14-30)37-27-48-44(51-37)40-12-8-22-55(40)45(57)42(53-47(59)61-3)32-9-5-4-6-10-32/h13-20,24-25,27-29,32,39-40,42H,4-12,21-23,26H2,1-3H3,(H,48,51)(H,49,52)(H,50,58)(H,53,59). The van der Waals surface area contributed by atoms with Crippen molar-refractivity contribution in [3.8, 4) is 33.6 Å². The van der Waals surface area contributed by atoms with Crippen LogP contribution in [0.4, 0.5) is 9.59 Å². The summed E-state index contributed by atoms with van der Waals surface area (Å²) >= 11 is 0. The number of H-pyrrole nitrogens is 2. The Bertz CT molecular complexity index is 2350. The maximum Gasteiger partial charge on any atom is 0.407 e. The van der Waals surface area contributed by atoms with Gasteiger partial charge in [-0.2, -0.15) is 0 Å². The lowest BCUT2D eigenvalue weighted by Gasteiger charge is -2.34. The van der Waals surface area contributed by atoms with Crippen LogP contribution < -0.4 is 10.6 Å². The minimum Gasteiger partial charge on any atom is -0.453 e. The number of benzene rings is 3. The molecule has 0 radical (unpaired) electrons. The highest BCUT2D eigenvalue weighted by Crippen LogP contribution is 2.37. The first-order valence-electron chi connectivity index (χ1n) is 21.7. The first kappa shape index (κ1) is 41.5. The summed E-state index contributed by atoms with van der Waals surface area (Å²) in [4.78, 5) is 71.3. The molecule has 4 unspecified atom stereocenters. The van der Waals surface area contributed by atoms with Crippen LogP contribution in [0.1, 0.15) is 94.9 Å². The first-order chi connectivity index (χ1) is 29.7. The number of nitrogens with zero attached hydrogens (tertiary/aromatic N) is 4. The number of methoxy groups -OCH3 is 2. The van der Waals surface area contributed by atoms with E-state index in [0.717, 1.165) is 114 Å². The van der Waals surface area contributed by atoms with E-state index in [1.807, 2.05) is 29.1 Å². The van der Waals surface area contributed by atoms with Gasteiger partial charge in [0.15, 0.2) is 0 Å². The fourth-order valence-corrected chi connectivity index (χ4v) is 9.44. The van der Waals surface area contributed by atoms with E-state index in [-0.39, 0.29) is 35.7 Å². The zero-order chi connectivity index (χ0) is 42.5. The van der Waals surface area contributed by atoms with Crippen molar-refractivity contribution in [2.75, 3.05) is 33.9 Å². The third-order valence-electron chi connectivity index (χ3n) is 12.8. The molecule has 8 rings (SSSR count). The van der Waals surface area contributed by atoms with Gasteiger partial charge < -0.3 is 39.9 Å². The smallest absolute Gasteiger partial charge is 0.407 e. The van der Waals surface area contributed by atoms with E-state index in [2.05, 4.69) is 86.0 Å². The first-order valence-corrected chi connectivity index (χ1v) is 21.7. The number of amides is 4. The molecular formula is C47H56N8O6. The zero-order valence-electron chi connectivity index (χ0n) is 35.2. The number of alkyl carbamates (subject to hydrolysis) is 2. The van der Waals surface area contributed by atoms with Crippen LogP contribution >= 0.6 is 0 Å². The fraction of sp³-hybridized carbons (Fsp3) is 0.447. The molecule has 3 fully saturated rings. The predicted octanol–water partition coefficient (Wildman–Crippen LogP) is 8.30. The topological polar surface area (TPSA) is 175 Å². The SMILES string of the molecule is COC(=O)NCC(C)CC(=O)N1CCCC1c1ncc(-c2ccc3cc(-c4ccc(-c5cnc(C6CCCN6C(=O)C(NC(=O)OC)C6CCCCC6)[nH]5)cc4)ccc3c2)[nH]1. The predicted molar refractivity (Wildman–Crippen MR) is 232 cm³/mol. The number of likely N-dealkylation sites (tertiary alicyclic amines) is 2. The number of rotatable bonds is 12. The van der Waals surface area contributed by atoms with E-state index in [9.17, 15) is 19.2 Å². The second kappa shape index (κ2) is 18.6. The van der Waals surface area contributed by atoms with Gasteiger partial charge in [0.2, 0.25) is 11.8 Å². The Balaban J connectivity index is 0.912. The van der Waals surface area contributed by atoms with Gasteiger partial charge in [-0.25, -0.2) is 19.6 Å². The molecule has 2 aliphatic heterocycles. The molecule has 0 spiro atoms. The van der Waals surface area contributed by atoms with Gasteiger partial charge in [-0.05, 0) is 90.0 Å². The largest absolute Gasteiger partial charge is 0.453 e. The molecule has 3 aliphatic rings. The van der Waals surface area contributed by atoms with Gasteiger partial charge in [-0.15, -0.1) is 0 Å². The van der Waals surface area contributed by atoms with E-state index < -0.39 is 18.2 Å². The van der Waals surface area contributed by atoms with E-state index in [0.29, 0.717) is 26.1 Å². The Hall–Kier alpha value is -6.18. The second-order valence-electron chi connectivity index (χ2n) is 16.8. The highest BCUT2D eigenvalue weighted by molar-refractivity contribution is 5.91. The minimum absolute atomic E-state index is 0.0210. The molecule has 4 N–H and O–H groups in total. The third-order valence-corrected chi connectivity index (χ3v) is 12.8. The maximum atomic E-state index is 14.0. The molecule has 4 atom stereocenters. The average Bonchev–Trinajstić information content (AvgIpc) is 4.14. The quantitative estimate of drug-likeness (QED) is 0.0972. The Kier molecular flexibility index (Phi) is 12.7. The summed E-state index contributed by atoms with van der Waals surface area (Å²) in [7, 11) is 2.66. The molecule has 4 amide bonds. The van der Waals surface area contributed by atoms with Gasteiger partial charge in [0.1, 0.15) is 17.7 Å². The van der Waals surface area contributed by atoms with Gasteiger partial charge >= 0.3 is 12.2 Å². The van der Waals surface area contributed by atoms with E-state index >= 15 is 0 Å². The number of fused-ring (bicyclic) bond motifs is 1. The lowest BCUT2D eigenvalue weighted by Crippen LogP contribution is -2.52. The van der Waals surface area contributed by atoms with Crippen molar-refractivity contribution in [1.82, 2.24) is 40.4 Å². The van der Waals surface area contributed by atoms with Crippen molar-refractivity contribution >= 4 is 34.8 Å². The van der Waals surface area contributed by atoms with Gasteiger partial charge in [0.25, 0.3) is 0 Å². The number of hydrogen-bond acceptors (Lipinski definition) is 8. The summed E-state index contributed by atoms with van der Waals surface area (Å²) in [6.45, 7) is 3.63. The molecule has 320 valence electrons. The lowest BCUT2D eigenvalue weighted by molar-refractivity contribution is -0.136. The van der Waals surface area contributed by atoms with Gasteiger partial charge in [0.05, 0.1) is 50.1 Å². The zero-order valence-corrected chi connectivity index (χ0v) is 35.2. The summed E-state index contributed by atoms with van der Waals surface area (Å²) in [6.07, 6.45) is 11.5. The maximum absolute atomic E-state index is 14.0. The number of nitrogens with one attached hydrogen (secondary N) is 4. The molecule has 3 aromatic carbocycles. The van der Waals surface area contributed by atoms with Gasteiger partial charge in [-0.3, -0.25) is 9.59 Å². The molecule has 2 aromatic heterocycles. The molecule has 1 saturated carbocycles. The van der Waals surface area contributed by atoms with Crippen LogP contribution in [0.5, 0.6) is 0 Å². The molecule has 2 saturated heterocycles. The van der Waals surface area contributed by atoms with Gasteiger partial charge in [0, 0.05) is 31.6 Å². The Morgan fingerprint density at radius 3 is 1.90 bits per heavy atom. The minimum atomic E-state index is -0.601. The van der Waals surface area contributed by atoms with E-state index in [1.54, 1.807) is 0 Å². The molecule has 4 heterocycles. The van der Waals surface area contributed by atoms with Crippen LogP contribution in [0.15, 0.2) is 73.1 Å². The lowest BCUT2D eigenvalue weighted by atomic mass is 9.83. The van der Waals surface area contributed by atoms with E-state index in [4.69, 9.17) is 14.7 Å². The van der Waals surface area contributed by atoms with Crippen molar-refractivity contribution in [1.29, 1.82) is 0 Å². The van der Waals surface area contributed by atoms with Gasteiger partial charge in [-0.1, -0.05) is 74.7 Å². The van der Waals surface area contributed by atoms with Crippen molar-refractivity contribution in [3.05, 3.63) is 84.7 Å². The average molecular weight is 829 g/mol. The van der Waals surface area contributed by atoms with E-state index in [1.165, 1.54) is 14.2 Å². The molecule has 5 aromatic rings. The molecule has 1 aliphatic carbocycles. The fourth-order valence-electron chi connectivity index (χ4n) is 9.44. The number of aromatic amines is 2. The number of hydrogen-bond donors (Lipinski definition) is 4. The molecular weight excluding hydrogens is 773 g/mol. The normalized spacial score (nSPS) is 19.1. The Labute approximate surface area is 356 Å². The summed E-state index contributed by atoms with van der Waals surface area (Å²) in [5, 5.41) is 7.78. The number of aromatic nitrogens is 4. The molecule has 0 bridgehead atoms. The molecule has 61 heavy (non-hydrogen) atoms. The third kappa shape index (κ3) is 9.28. The summed E-state index contributed by atoms with van der Waals surface area (Å²) in [6, 6.07) is 20.4. The van der Waals surface area contributed by atoms with Crippen LogP contribution in [0.3, 0.4) is 0 Å². The van der Waals surface area contributed by atoms with Crippen LogP contribution in [0.25, 0.3) is 44.4 Å². The van der Waals surface area contributed by atoms with Crippen molar-refractivity contribution in [2.45, 2.75) is 89.3 Å². The number of carbonyl (C=O) groups is 4. The number of carbonyl (C=O) groups excluding carboxylic acids is 4. The Morgan fingerprint density at radius 2 is 1.25 bits per heavy atom. The number of ether oxygens (including phenoxy) is 2. The summed E-state index contributed by atoms with van der Waals surface area (Å²) in [5.41, 5.74) is 6.01. The summed E-state index contributed by atoms with van der Waals surface area (Å²) < 4.78 is 9.55. The Morgan fingerprint density at radius 1 is 0.689 bits per heavy atom. The summed E-state index contributed by atoms with van der Waals surface area (Å²) in [5.74, 6) is 1.63.